The lowest BCUT2D eigenvalue weighted by Gasteiger charge is -2.34. The first-order valence-electron chi connectivity index (χ1n) is 18.5. The van der Waals surface area contributed by atoms with Crippen LogP contribution in [-0.2, 0) is 14.4 Å². The maximum atomic E-state index is 12.8. The molecule has 12 nitrogen and oxygen atoms in total. The van der Waals surface area contributed by atoms with E-state index in [9.17, 15) is 14.4 Å². The molecule has 4 aromatic rings. The lowest BCUT2D eigenvalue weighted by Crippen LogP contribution is -2.48. The number of para-hydroxylation sites is 1. The highest BCUT2D eigenvalue weighted by Crippen LogP contribution is 2.41. The smallest absolute Gasteiger partial charge is 0.248 e. The van der Waals surface area contributed by atoms with Crippen molar-refractivity contribution in [1.82, 2.24) is 25.1 Å². The molecule has 54 heavy (non-hydrogen) atoms. The summed E-state index contributed by atoms with van der Waals surface area (Å²) in [4.78, 5) is 50.1. The van der Waals surface area contributed by atoms with E-state index < -0.39 is 0 Å². The second kappa shape index (κ2) is 17.6. The Morgan fingerprint density at radius 2 is 1.70 bits per heavy atom. The first-order valence-corrected chi connectivity index (χ1v) is 19.5. The number of carbonyl (C=O) groups excluding carboxylic acids is 3. The second-order valence-electron chi connectivity index (χ2n) is 13.7. The van der Waals surface area contributed by atoms with Crippen molar-refractivity contribution < 1.29 is 23.9 Å². The quantitative estimate of drug-likeness (QED) is 0.102. The Morgan fingerprint density at radius 1 is 0.926 bits per heavy atom. The van der Waals surface area contributed by atoms with Gasteiger partial charge in [-0.25, -0.2) is 9.97 Å². The van der Waals surface area contributed by atoms with Crippen molar-refractivity contribution >= 4 is 41.0 Å². The third-order valence-corrected chi connectivity index (χ3v) is 11.6. The van der Waals surface area contributed by atoms with E-state index in [-0.39, 0.29) is 29.4 Å². The number of nitrogens with one attached hydrogen (secondary N) is 2. The number of benzene rings is 3. The van der Waals surface area contributed by atoms with Gasteiger partial charge in [-0.2, -0.15) is 11.8 Å². The van der Waals surface area contributed by atoms with Crippen molar-refractivity contribution in [2.75, 3.05) is 49.5 Å². The van der Waals surface area contributed by atoms with Crippen LogP contribution < -0.4 is 25.8 Å². The maximum Gasteiger partial charge on any atom is 0.248 e. The summed E-state index contributed by atoms with van der Waals surface area (Å²) in [6.07, 6.45) is 8.93. The number of anilines is 2. The zero-order valence-corrected chi connectivity index (χ0v) is 30.9. The highest BCUT2D eigenvalue weighted by molar-refractivity contribution is 8.00. The van der Waals surface area contributed by atoms with Gasteiger partial charge in [0.1, 0.15) is 29.4 Å². The van der Waals surface area contributed by atoms with Crippen LogP contribution in [0.1, 0.15) is 32.1 Å². The Kier molecular flexibility index (Phi) is 12.1. The van der Waals surface area contributed by atoms with Gasteiger partial charge in [-0.1, -0.05) is 48.9 Å². The van der Waals surface area contributed by atoms with Crippen molar-refractivity contribution in [2.24, 2.45) is 5.92 Å². The molecule has 3 unspecified atom stereocenters. The van der Waals surface area contributed by atoms with Crippen molar-refractivity contribution in [2.45, 2.75) is 43.4 Å². The normalized spacial score (nSPS) is 19.7. The van der Waals surface area contributed by atoms with Gasteiger partial charge in [0.05, 0.1) is 5.56 Å². The van der Waals surface area contributed by atoms with Crippen molar-refractivity contribution in [3.05, 3.63) is 97.3 Å². The van der Waals surface area contributed by atoms with E-state index in [4.69, 9.17) is 15.2 Å². The molecule has 0 radical (unpaired) electrons. The molecular weight excluding hydrogens is 703 g/mol. The standard InChI is InChI=1S/C41H45N7O5S/c42-40-39(28-15-17-31(18-16-28)52-30-9-2-1-3-10-30)41(44-27-43-40)53-32-11-6-8-29(24-32)45-36(49)13-7-19-47-20-22-48(23-21-47)38(51)14-5-4-12-35-33-25-37(50)46-34(33)26-54-35/h1-3,6-11,13,15-18,24,27,33-35H,4-5,12,14,19-23,25-26H2,(H,45,49)(H,46,50)(H2,42,43,44)/b13-7+. The number of aromatic nitrogens is 2. The van der Waals surface area contributed by atoms with Gasteiger partial charge >= 0.3 is 0 Å². The summed E-state index contributed by atoms with van der Waals surface area (Å²) in [7, 11) is 0. The van der Waals surface area contributed by atoms with Gasteiger partial charge in [-0.15, -0.1) is 0 Å². The number of fused-ring (bicyclic) bond motifs is 1. The molecule has 3 amide bonds. The molecule has 1 aromatic heterocycles. The minimum Gasteiger partial charge on any atom is -0.457 e. The molecule has 7 rings (SSSR count). The van der Waals surface area contributed by atoms with Crippen molar-refractivity contribution in [1.29, 1.82) is 0 Å². The lowest BCUT2D eigenvalue weighted by atomic mass is 9.94. The summed E-state index contributed by atoms with van der Waals surface area (Å²) in [5, 5.41) is 6.52. The Hall–Kier alpha value is -5.40. The average molecular weight is 748 g/mol. The summed E-state index contributed by atoms with van der Waals surface area (Å²) < 4.78 is 12.1. The van der Waals surface area contributed by atoms with Crippen LogP contribution >= 0.6 is 11.8 Å². The van der Waals surface area contributed by atoms with E-state index in [2.05, 4.69) is 25.5 Å². The molecule has 4 N–H and O–H groups in total. The molecule has 3 aliphatic heterocycles. The van der Waals surface area contributed by atoms with Crippen LogP contribution in [-0.4, -0.2) is 87.3 Å². The van der Waals surface area contributed by atoms with Crippen LogP contribution in [0.5, 0.6) is 23.1 Å². The summed E-state index contributed by atoms with van der Waals surface area (Å²) in [6.45, 7) is 3.53. The highest BCUT2D eigenvalue weighted by atomic mass is 32.2. The zero-order valence-electron chi connectivity index (χ0n) is 30.1. The summed E-state index contributed by atoms with van der Waals surface area (Å²) in [5.74, 6) is 4.05. The number of piperazine rings is 1. The number of unbranched alkanes of at least 4 members (excludes halogenated alkanes) is 1. The predicted molar refractivity (Wildman–Crippen MR) is 210 cm³/mol. The zero-order chi connectivity index (χ0) is 37.3. The van der Waals surface area contributed by atoms with Crippen LogP contribution in [0.4, 0.5) is 11.5 Å². The van der Waals surface area contributed by atoms with Crippen LogP contribution in [0.25, 0.3) is 11.1 Å². The molecule has 0 bridgehead atoms. The molecule has 3 aliphatic rings. The number of nitrogens with zero attached hydrogens (tertiary/aromatic N) is 4. The Labute approximate surface area is 319 Å². The highest BCUT2D eigenvalue weighted by Gasteiger charge is 2.42. The minimum absolute atomic E-state index is 0.187. The van der Waals surface area contributed by atoms with E-state index in [1.807, 2.05) is 77.3 Å². The van der Waals surface area contributed by atoms with Crippen LogP contribution in [0, 0.1) is 5.92 Å². The topological polar surface area (TPSA) is 152 Å². The largest absolute Gasteiger partial charge is 0.457 e. The van der Waals surface area contributed by atoms with Crippen LogP contribution in [0.15, 0.2) is 97.3 Å². The predicted octanol–water partition coefficient (Wildman–Crippen LogP) is 6.13. The van der Waals surface area contributed by atoms with E-state index in [0.29, 0.717) is 72.4 Å². The molecular formula is C41H45N7O5S. The van der Waals surface area contributed by atoms with Gasteiger partial charge in [0.25, 0.3) is 0 Å². The Balaban J connectivity index is 0.839. The SMILES string of the molecule is Nc1ncnc(Oc2cccc(NC(=O)/C=C/CN3CCN(C(=O)CCCCC4SCC5NC(=O)CC54)CC3)c2)c1-c1ccc(Oc2ccccc2)cc1. The second-order valence-corrected chi connectivity index (χ2v) is 15.0. The number of hydrogen-bond acceptors (Lipinski definition) is 10. The molecule has 13 heteroatoms. The van der Waals surface area contributed by atoms with Gasteiger partial charge in [-0.05, 0) is 54.8 Å². The maximum absolute atomic E-state index is 12.8. The summed E-state index contributed by atoms with van der Waals surface area (Å²) >= 11 is 1.97. The molecule has 0 spiro atoms. The lowest BCUT2D eigenvalue weighted by molar-refractivity contribution is -0.133. The fraction of sp³-hybridized carbons (Fsp3) is 0.341. The minimum atomic E-state index is -0.256. The molecule has 3 saturated heterocycles. The van der Waals surface area contributed by atoms with E-state index in [1.54, 1.807) is 24.3 Å². The number of nitrogen functional groups attached to an aromatic ring is 1. The van der Waals surface area contributed by atoms with Crippen LogP contribution in [0.3, 0.4) is 0 Å². The van der Waals surface area contributed by atoms with Gasteiger partial charge in [0.2, 0.25) is 23.6 Å². The van der Waals surface area contributed by atoms with E-state index in [1.165, 1.54) is 12.4 Å². The number of nitrogens with two attached hydrogens (primary N) is 1. The molecule has 3 atom stereocenters. The summed E-state index contributed by atoms with van der Waals surface area (Å²) in [6, 6.07) is 24.4. The van der Waals surface area contributed by atoms with Gasteiger partial charge in [-0.3, -0.25) is 19.3 Å². The van der Waals surface area contributed by atoms with Gasteiger partial charge < -0.3 is 30.7 Å². The van der Waals surface area contributed by atoms with E-state index in [0.717, 1.165) is 49.4 Å². The molecule has 0 saturated carbocycles. The number of carbonyl (C=O) groups is 3. The van der Waals surface area contributed by atoms with Crippen molar-refractivity contribution in [3.63, 3.8) is 0 Å². The molecule has 3 aromatic carbocycles. The fourth-order valence-electron chi connectivity index (χ4n) is 7.18. The number of thioether (sulfide) groups is 1. The summed E-state index contributed by atoms with van der Waals surface area (Å²) in [5.41, 5.74) is 8.15. The average Bonchev–Trinajstić information content (AvgIpc) is 3.73. The number of hydrogen-bond donors (Lipinski definition) is 3. The third-order valence-electron chi connectivity index (χ3n) is 10.0. The first kappa shape index (κ1) is 36.9. The Morgan fingerprint density at radius 3 is 2.52 bits per heavy atom. The monoisotopic (exact) mass is 747 g/mol. The first-order chi connectivity index (χ1) is 26.4. The van der Waals surface area contributed by atoms with E-state index >= 15 is 0 Å². The number of rotatable bonds is 14. The van der Waals surface area contributed by atoms with Crippen molar-refractivity contribution in [3.8, 4) is 34.3 Å². The van der Waals surface area contributed by atoms with Crippen LogP contribution in [0.2, 0.25) is 0 Å². The Bertz CT molecular complexity index is 1950. The molecule has 0 aliphatic carbocycles. The molecule has 4 heterocycles. The van der Waals surface area contributed by atoms with Gasteiger partial charge in [0.15, 0.2) is 0 Å². The molecule has 280 valence electrons. The molecule has 3 fully saturated rings. The number of ether oxygens (including phenoxy) is 2. The van der Waals surface area contributed by atoms with Gasteiger partial charge in [0, 0.05) is 86.4 Å². The third kappa shape index (κ3) is 9.57. The number of amides is 3. The fourth-order valence-corrected chi connectivity index (χ4v) is 8.83.